The van der Waals surface area contributed by atoms with Gasteiger partial charge in [0.25, 0.3) is 5.91 Å². The number of benzene rings is 1. The van der Waals surface area contributed by atoms with Crippen LogP contribution in [0.3, 0.4) is 0 Å². The minimum Gasteiger partial charge on any atom is -0.368 e. The highest BCUT2D eigenvalue weighted by atomic mass is 16.2. The molecule has 2 fully saturated rings. The van der Waals surface area contributed by atoms with Gasteiger partial charge in [0.1, 0.15) is 5.82 Å². The smallest absolute Gasteiger partial charge is 0.254 e. The molecule has 5 nitrogen and oxygen atoms in total. The number of aryl methyl sites for hydroxylation is 1. The zero-order chi connectivity index (χ0) is 17.9. The number of nitrogens with zero attached hydrogens (tertiary/aromatic N) is 4. The molecule has 2 saturated heterocycles. The van der Waals surface area contributed by atoms with Crippen molar-refractivity contribution in [3.8, 4) is 0 Å². The van der Waals surface area contributed by atoms with Gasteiger partial charge in [-0.2, -0.15) is 0 Å². The maximum absolute atomic E-state index is 12.9. The third kappa shape index (κ3) is 3.52. The average Bonchev–Trinajstić information content (AvgIpc) is 3.23. The van der Waals surface area contributed by atoms with Crippen LogP contribution in [-0.4, -0.2) is 55.1 Å². The SMILES string of the molecule is Cc1cccc(N2CCN(C(=O)c3ccnc(N4CCCC4)c3)CC2)c1. The van der Waals surface area contributed by atoms with Crippen molar-refractivity contribution in [1.82, 2.24) is 9.88 Å². The standard InChI is InChI=1S/C21H26N4O/c1-17-5-4-6-19(15-17)23-11-13-25(14-12-23)21(26)18-7-8-22-20(16-18)24-9-2-3-10-24/h4-8,15-16H,2-3,9-14H2,1H3. The quantitative estimate of drug-likeness (QED) is 0.853. The van der Waals surface area contributed by atoms with Gasteiger partial charge in [-0.05, 0) is 49.6 Å². The highest BCUT2D eigenvalue weighted by Gasteiger charge is 2.23. The molecule has 2 aliphatic rings. The van der Waals surface area contributed by atoms with Gasteiger partial charge in [0.05, 0.1) is 0 Å². The Morgan fingerprint density at radius 2 is 1.69 bits per heavy atom. The fraction of sp³-hybridized carbons (Fsp3) is 0.429. The number of hydrogen-bond acceptors (Lipinski definition) is 4. The minimum atomic E-state index is 0.122. The molecule has 1 aromatic carbocycles. The lowest BCUT2D eigenvalue weighted by Gasteiger charge is -2.36. The van der Waals surface area contributed by atoms with Gasteiger partial charge in [-0.1, -0.05) is 12.1 Å². The largest absolute Gasteiger partial charge is 0.368 e. The molecule has 0 unspecified atom stereocenters. The van der Waals surface area contributed by atoms with Crippen molar-refractivity contribution in [3.05, 3.63) is 53.7 Å². The predicted molar refractivity (Wildman–Crippen MR) is 105 cm³/mol. The summed E-state index contributed by atoms with van der Waals surface area (Å²) < 4.78 is 0. The fourth-order valence-corrected chi connectivity index (χ4v) is 3.85. The molecule has 0 saturated carbocycles. The van der Waals surface area contributed by atoms with Crippen molar-refractivity contribution in [2.75, 3.05) is 49.1 Å². The van der Waals surface area contributed by atoms with Crippen molar-refractivity contribution in [2.45, 2.75) is 19.8 Å². The van der Waals surface area contributed by atoms with Crippen LogP contribution < -0.4 is 9.80 Å². The van der Waals surface area contributed by atoms with E-state index in [1.165, 1.54) is 24.1 Å². The first kappa shape index (κ1) is 16.9. The summed E-state index contributed by atoms with van der Waals surface area (Å²) in [6.07, 6.45) is 4.19. The number of rotatable bonds is 3. The summed E-state index contributed by atoms with van der Waals surface area (Å²) in [5.74, 6) is 1.06. The Labute approximate surface area is 155 Å². The van der Waals surface area contributed by atoms with Crippen LogP contribution in [0.25, 0.3) is 0 Å². The Morgan fingerprint density at radius 3 is 2.42 bits per heavy atom. The Bertz CT molecular complexity index is 777. The van der Waals surface area contributed by atoms with Crippen molar-refractivity contribution in [1.29, 1.82) is 0 Å². The van der Waals surface area contributed by atoms with E-state index in [2.05, 4.69) is 46.0 Å². The maximum Gasteiger partial charge on any atom is 0.254 e. The molecule has 0 atom stereocenters. The van der Waals surface area contributed by atoms with Crippen LogP contribution in [0.15, 0.2) is 42.6 Å². The second-order valence-electron chi connectivity index (χ2n) is 7.22. The van der Waals surface area contributed by atoms with Gasteiger partial charge in [0.15, 0.2) is 0 Å². The molecule has 5 heteroatoms. The van der Waals surface area contributed by atoms with Crippen LogP contribution >= 0.6 is 0 Å². The molecule has 136 valence electrons. The Kier molecular flexibility index (Phi) is 4.78. The van der Waals surface area contributed by atoms with Gasteiger partial charge in [-0.3, -0.25) is 4.79 Å². The van der Waals surface area contributed by atoms with E-state index in [0.717, 1.165) is 50.6 Å². The summed E-state index contributed by atoms with van der Waals surface area (Å²) in [5.41, 5.74) is 3.27. The zero-order valence-corrected chi connectivity index (χ0v) is 15.4. The predicted octanol–water partition coefficient (Wildman–Crippen LogP) is 2.95. The molecule has 1 aromatic heterocycles. The molecule has 0 spiro atoms. The van der Waals surface area contributed by atoms with Crippen LogP contribution in [-0.2, 0) is 0 Å². The summed E-state index contributed by atoms with van der Waals surface area (Å²) in [6, 6.07) is 12.4. The van der Waals surface area contributed by atoms with Gasteiger partial charge in [-0.25, -0.2) is 4.98 Å². The van der Waals surface area contributed by atoms with Gasteiger partial charge in [0.2, 0.25) is 0 Å². The van der Waals surface area contributed by atoms with E-state index in [9.17, 15) is 4.79 Å². The molecule has 2 aromatic rings. The number of carbonyl (C=O) groups excluding carboxylic acids is 1. The second kappa shape index (κ2) is 7.36. The number of carbonyl (C=O) groups is 1. The summed E-state index contributed by atoms with van der Waals surface area (Å²) >= 11 is 0. The first-order valence-corrected chi connectivity index (χ1v) is 9.52. The van der Waals surface area contributed by atoms with E-state index in [0.29, 0.717) is 0 Å². The molecule has 0 aliphatic carbocycles. The van der Waals surface area contributed by atoms with E-state index < -0.39 is 0 Å². The molecule has 2 aliphatic heterocycles. The molecule has 26 heavy (non-hydrogen) atoms. The normalized spacial score (nSPS) is 17.7. The van der Waals surface area contributed by atoms with E-state index in [-0.39, 0.29) is 5.91 Å². The molecule has 1 amide bonds. The number of pyridine rings is 1. The topological polar surface area (TPSA) is 39.7 Å². The van der Waals surface area contributed by atoms with E-state index in [1.54, 1.807) is 6.20 Å². The third-order valence-corrected chi connectivity index (χ3v) is 5.36. The van der Waals surface area contributed by atoms with Gasteiger partial charge in [-0.15, -0.1) is 0 Å². The summed E-state index contributed by atoms with van der Waals surface area (Å²) in [5, 5.41) is 0. The van der Waals surface area contributed by atoms with Crippen LogP contribution in [0, 0.1) is 6.92 Å². The van der Waals surface area contributed by atoms with Crippen LogP contribution in [0.1, 0.15) is 28.8 Å². The molecular weight excluding hydrogens is 324 g/mol. The van der Waals surface area contributed by atoms with Crippen LogP contribution in [0.5, 0.6) is 0 Å². The Morgan fingerprint density at radius 1 is 0.923 bits per heavy atom. The van der Waals surface area contributed by atoms with Crippen LogP contribution in [0.4, 0.5) is 11.5 Å². The zero-order valence-electron chi connectivity index (χ0n) is 15.4. The number of piperazine rings is 1. The lowest BCUT2D eigenvalue weighted by atomic mass is 10.1. The number of aromatic nitrogens is 1. The Balaban J connectivity index is 1.41. The van der Waals surface area contributed by atoms with E-state index in [1.807, 2.05) is 17.0 Å². The monoisotopic (exact) mass is 350 g/mol. The Hall–Kier alpha value is -2.56. The van der Waals surface area contributed by atoms with Crippen molar-refractivity contribution in [3.63, 3.8) is 0 Å². The average molecular weight is 350 g/mol. The van der Waals surface area contributed by atoms with Gasteiger partial charge < -0.3 is 14.7 Å². The number of hydrogen-bond donors (Lipinski definition) is 0. The van der Waals surface area contributed by atoms with Crippen molar-refractivity contribution >= 4 is 17.4 Å². The number of amides is 1. The van der Waals surface area contributed by atoms with Crippen molar-refractivity contribution < 1.29 is 4.79 Å². The van der Waals surface area contributed by atoms with E-state index in [4.69, 9.17) is 0 Å². The van der Waals surface area contributed by atoms with Crippen LogP contribution in [0.2, 0.25) is 0 Å². The highest BCUT2D eigenvalue weighted by molar-refractivity contribution is 5.95. The lowest BCUT2D eigenvalue weighted by molar-refractivity contribution is 0.0746. The molecule has 0 bridgehead atoms. The highest BCUT2D eigenvalue weighted by Crippen LogP contribution is 2.21. The second-order valence-corrected chi connectivity index (χ2v) is 7.22. The fourth-order valence-electron chi connectivity index (χ4n) is 3.85. The minimum absolute atomic E-state index is 0.122. The molecule has 3 heterocycles. The summed E-state index contributed by atoms with van der Waals surface area (Å²) in [4.78, 5) is 24.0. The molecule has 0 radical (unpaired) electrons. The van der Waals surface area contributed by atoms with Crippen molar-refractivity contribution in [2.24, 2.45) is 0 Å². The molecule has 0 N–H and O–H groups in total. The first-order valence-electron chi connectivity index (χ1n) is 9.52. The van der Waals surface area contributed by atoms with Gasteiger partial charge in [0, 0.05) is 56.7 Å². The first-order chi connectivity index (χ1) is 12.7. The lowest BCUT2D eigenvalue weighted by Crippen LogP contribution is -2.48. The maximum atomic E-state index is 12.9. The van der Waals surface area contributed by atoms with E-state index >= 15 is 0 Å². The molecular formula is C21H26N4O. The number of anilines is 2. The third-order valence-electron chi connectivity index (χ3n) is 5.36. The summed E-state index contributed by atoms with van der Waals surface area (Å²) in [6.45, 7) is 7.46. The molecule has 4 rings (SSSR count). The summed E-state index contributed by atoms with van der Waals surface area (Å²) in [7, 11) is 0. The van der Waals surface area contributed by atoms with Gasteiger partial charge >= 0.3 is 0 Å².